The van der Waals surface area contributed by atoms with Crippen LogP contribution in [-0.2, 0) is 6.54 Å². The number of carbonyl (C=O) groups excluding carboxylic acids is 1. The number of fused-ring (bicyclic) bond motifs is 1. The number of anilines is 1. The summed E-state index contributed by atoms with van der Waals surface area (Å²) < 4.78 is 12.1. The van der Waals surface area contributed by atoms with Crippen LogP contribution in [0.25, 0.3) is 11.0 Å². The van der Waals surface area contributed by atoms with Crippen molar-refractivity contribution in [3.63, 3.8) is 0 Å². The zero-order chi connectivity index (χ0) is 20.4. The van der Waals surface area contributed by atoms with Gasteiger partial charge in [-0.3, -0.25) is 9.69 Å². The van der Waals surface area contributed by atoms with Crippen LogP contribution < -0.4 is 9.64 Å². The molecule has 5 nitrogen and oxygen atoms in total. The van der Waals surface area contributed by atoms with Crippen LogP contribution in [0.4, 0.5) is 5.82 Å². The molecule has 0 aliphatic carbocycles. The first-order valence-corrected chi connectivity index (χ1v) is 9.90. The van der Waals surface area contributed by atoms with Gasteiger partial charge in [-0.15, -0.1) is 0 Å². The van der Waals surface area contributed by atoms with E-state index in [1.165, 1.54) is 0 Å². The number of aromatic nitrogens is 1. The molecule has 146 valence electrons. The first-order chi connectivity index (χ1) is 14.1. The second-order valence-electron chi connectivity index (χ2n) is 6.62. The number of rotatable bonds is 5. The Morgan fingerprint density at radius 3 is 2.62 bits per heavy atom. The van der Waals surface area contributed by atoms with Crippen molar-refractivity contribution >= 4 is 38.6 Å². The summed E-state index contributed by atoms with van der Waals surface area (Å²) in [4.78, 5) is 19.5. The fraction of sp³-hybridized carbons (Fsp3) is 0.130. The van der Waals surface area contributed by atoms with E-state index < -0.39 is 0 Å². The molecule has 0 unspecified atom stereocenters. The van der Waals surface area contributed by atoms with Crippen molar-refractivity contribution in [2.45, 2.75) is 13.5 Å². The van der Waals surface area contributed by atoms with Crippen molar-refractivity contribution in [3.05, 3.63) is 88.2 Å². The second-order valence-corrected chi connectivity index (χ2v) is 7.54. The molecular formula is C23H19BrN2O3. The Labute approximate surface area is 177 Å². The summed E-state index contributed by atoms with van der Waals surface area (Å²) in [5.41, 5.74) is 2.45. The molecule has 0 aliphatic heterocycles. The lowest BCUT2D eigenvalue weighted by atomic mass is 10.1. The van der Waals surface area contributed by atoms with Gasteiger partial charge in [0.15, 0.2) is 5.76 Å². The molecule has 0 N–H and O–H groups in total. The minimum Gasteiger partial charge on any atom is -0.497 e. The zero-order valence-electron chi connectivity index (χ0n) is 16.1. The molecule has 0 atom stereocenters. The topological polar surface area (TPSA) is 55.6 Å². The number of nitrogens with zero attached hydrogens (tertiary/aromatic N) is 2. The lowest BCUT2D eigenvalue weighted by Gasteiger charge is -2.21. The summed E-state index contributed by atoms with van der Waals surface area (Å²) in [6.45, 7) is 2.26. The Hall–Kier alpha value is -3.12. The average Bonchev–Trinajstić information content (AvgIpc) is 3.08. The van der Waals surface area contributed by atoms with Gasteiger partial charge in [0.25, 0.3) is 5.91 Å². The molecule has 4 aromatic rings. The fourth-order valence-electron chi connectivity index (χ4n) is 3.20. The van der Waals surface area contributed by atoms with Crippen LogP contribution in [-0.4, -0.2) is 18.0 Å². The smallest absolute Gasteiger partial charge is 0.295 e. The number of aryl methyl sites for hydroxylation is 1. The maximum atomic E-state index is 13.5. The Kier molecular flexibility index (Phi) is 5.36. The number of furan rings is 1. The summed E-state index contributed by atoms with van der Waals surface area (Å²) in [6.07, 6.45) is 1.67. The second kappa shape index (κ2) is 8.09. The fourth-order valence-corrected chi connectivity index (χ4v) is 3.56. The van der Waals surface area contributed by atoms with Crippen LogP contribution in [0.5, 0.6) is 5.75 Å². The van der Waals surface area contributed by atoms with E-state index in [-0.39, 0.29) is 5.91 Å². The number of hydrogen-bond acceptors (Lipinski definition) is 4. The normalized spacial score (nSPS) is 10.9. The van der Waals surface area contributed by atoms with Gasteiger partial charge in [0.05, 0.1) is 13.7 Å². The molecule has 0 radical (unpaired) electrons. The highest BCUT2D eigenvalue weighted by molar-refractivity contribution is 9.10. The number of pyridine rings is 1. The predicted molar refractivity (Wildman–Crippen MR) is 116 cm³/mol. The number of methoxy groups -OCH3 is 1. The van der Waals surface area contributed by atoms with Crippen LogP contribution in [0, 0.1) is 6.92 Å². The van der Waals surface area contributed by atoms with Gasteiger partial charge in [-0.05, 0) is 55.0 Å². The quantitative estimate of drug-likeness (QED) is 0.388. The zero-order valence-corrected chi connectivity index (χ0v) is 17.6. The van der Waals surface area contributed by atoms with Gasteiger partial charge in [-0.2, -0.15) is 0 Å². The SMILES string of the molecule is COc1ccc(CN(C(=O)c2oc3ccc(Br)cc3c2C)c2ccccn2)cc1. The molecule has 29 heavy (non-hydrogen) atoms. The lowest BCUT2D eigenvalue weighted by Crippen LogP contribution is -2.31. The van der Waals surface area contributed by atoms with Crippen molar-refractivity contribution < 1.29 is 13.9 Å². The van der Waals surface area contributed by atoms with E-state index in [9.17, 15) is 4.79 Å². The van der Waals surface area contributed by atoms with Crippen molar-refractivity contribution in [1.29, 1.82) is 0 Å². The third kappa shape index (κ3) is 3.89. The number of benzene rings is 2. The minimum absolute atomic E-state index is 0.232. The first-order valence-electron chi connectivity index (χ1n) is 9.11. The van der Waals surface area contributed by atoms with Crippen LogP contribution in [0.1, 0.15) is 21.7 Å². The van der Waals surface area contributed by atoms with E-state index in [0.29, 0.717) is 23.7 Å². The summed E-state index contributed by atoms with van der Waals surface area (Å²) in [5, 5.41) is 0.910. The molecule has 0 saturated heterocycles. The largest absolute Gasteiger partial charge is 0.497 e. The van der Waals surface area contributed by atoms with Gasteiger partial charge >= 0.3 is 0 Å². The summed E-state index contributed by atoms with van der Waals surface area (Å²) in [5.74, 6) is 1.42. The van der Waals surface area contributed by atoms with E-state index in [1.807, 2.05) is 67.6 Å². The van der Waals surface area contributed by atoms with E-state index in [4.69, 9.17) is 9.15 Å². The third-order valence-electron chi connectivity index (χ3n) is 4.76. The van der Waals surface area contributed by atoms with E-state index >= 15 is 0 Å². The molecule has 0 spiro atoms. The van der Waals surface area contributed by atoms with Gasteiger partial charge in [0.1, 0.15) is 17.2 Å². The number of carbonyl (C=O) groups is 1. The molecule has 2 aromatic carbocycles. The monoisotopic (exact) mass is 450 g/mol. The van der Waals surface area contributed by atoms with Gasteiger partial charge in [-0.25, -0.2) is 4.98 Å². The molecule has 6 heteroatoms. The summed E-state index contributed by atoms with van der Waals surface area (Å²) in [6, 6.07) is 18.8. The summed E-state index contributed by atoms with van der Waals surface area (Å²) >= 11 is 3.48. The van der Waals surface area contributed by atoms with Crippen molar-refractivity contribution in [3.8, 4) is 5.75 Å². The average molecular weight is 451 g/mol. The van der Waals surface area contributed by atoms with Crippen LogP contribution in [0.3, 0.4) is 0 Å². The van der Waals surface area contributed by atoms with Gasteiger partial charge in [-0.1, -0.05) is 34.1 Å². The molecule has 0 aliphatic rings. The predicted octanol–water partition coefficient (Wildman–Crippen LogP) is 5.75. The maximum Gasteiger partial charge on any atom is 0.295 e. The molecular weight excluding hydrogens is 432 g/mol. The van der Waals surface area contributed by atoms with E-state index in [1.54, 1.807) is 18.2 Å². The van der Waals surface area contributed by atoms with Crippen molar-refractivity contribution in [1.82, 2.24) is 4.98 Å². The van der Waals surface area contributed by atoms with Crippen LogP contribution >= 0.6 is 15.9 Å². The van der Waals surface area contributed by atoms with Crippen molar-refractivity contribution in [2.24, 2.45) is 0 Å². The Morgan fingerprint density at radius 1 is 1.14 bits per heavy atom. The van der Waals surface area contributed by atoms with Gasteiger partial charge in [0.2, 0.25) is 0 Å². The molecule has 0 saturated carbocycles. The highest BCUT2D eigenvalue weighted by Crippen LogP contribution is 2.30. The molecule has 2 aromatic heterocycles. The molecule has 0 fully saturated rings. The molecule has 1 amide bonds. The standard InChI is InChI=1S/C23H19BrN2O3/c1-15-19-13-17(24)8-11-20(19)29-22(15)23(27)26(21-5-3-4-12-25-21)14-16-6-9-18(28-2)10-7-16/h3-13H,14H2,1-2H3. The van der Waals surface area contributed by atoms with E-state index in [0.717, 1.165) is 26.7 Å². The maximum absolute atomic E-state index is 13.5. The third-order valence-corrected chi connectivity index (χ3v) is 5.26. The summed E-state index contributed by atoms with van der Waals surface area (Å²) in [7, 11) is 1.63. The Morgan fingerprint density at radius 2 is 1.93 bits per heavy atom. The Bertz CT molecular complexity index is 1150. The van der Waals surface area contributed by atoms with Crippen LogP contribution in [0.15, 0.2) is 75.8 Å². The van der Waals surface area contributed by atoms with Crippen molar-refractivity contribution in [2.75, 3.05) is 12.0 Å². The number of halogens is 1. The Balaban J connectivity index is 1.74. The van der Waals surface area contributed by atoms with E-state index in [2.05, 4.69) is 20.9 Å². The van der Waals surface area contributed by atoms with Crippen LogP contribution in [0.2, 0.25) is 0 Å². The lowest BCUT2D eigenvalue weighted by molar-refractivity contribution is 0.0959. The van der Waals surface area contributed by atoms with Gasteiger partial charge in [0, 0.05) is 21.6 Å². The number of amides is 1. The minimum atomic E-state index is -0.232. The molecule has 2 heterocycles. The highest BCUT2D eigenvalue weighted by Gasteiger charge is 2.25. The first kappa shape index (κ1) is 19.2. The number of ether oxygens (including phenoxy) is 1. The molecule has 4 rings (SSSR count). The van der Waals surface area contributed by atoms with Gasteiger partial charge < -0.3 is 9.15 Å². The highest BCUT2D eigenvalue weighted by atomic mass is 79.9. The molecule has 0 bridgehead atoms. The number of hydrogen-bond donors (Lipinski definition) is 0.